The van der Waals surface area contributed by atoms with Gasteiger partial charge >= 0.3 is 12.1 Å². The van der Waals surface area contributed by atoms with Crippen molar-refractivity contribution >= 4 is 17.9 Å². The monoisotopic (exact) mass is 590 g/mol. The molecular formula is C30H37F3N4O3S. The Labute approximate surface area is 243 Å². The van der Waals surface area contributed by atoms with Gasteiger partial charge in [-0.05, 0) is 99.6 Å². The van der Waals surface area contributed by atoms with Crippen LogP contribution in [0.5, 0.6) is 0 Å². The smallest absolute Gasteiger partial charge is 0.416 e. The van der Waals surface area contributed by atoms with E-state index in [1.54, 1.807) is 41.9 Å². The fraction of sp³-hybridized carbons (Fsp3) is 0.433. The van der Waals surface area contributed by atoms with Crippen LogP contribution in [0.3, 0.4) is 0 Å². The van der Waals surface area contributed by atoms with Crippen molar-refractivity contribution in [3.8, 4) is 11.1 Å². The third-order valence-corrected chi connectivity index (χ3v) is 7.46. The number of rotatable bonds is 15. The quantitative estimate of drug-likeness (QED) is 0.189. The van der Waals surface area contributed by atoms with E-state index in [0.717, 1.165) is 43.3 Å². The third kappa shape index (κ3) is 11.4. The lowest BCUT2D eigenvalue weighted by molar-refractivity contribution is -0.138. The molecule has 0 aliphatic heterocycles. The van der Waals surface area contributed by atoms with Crippen LogP contribution in [0.15, 0.2) is 66.0 Å². The number of nitrogens with one attached hydrogen (secondary N) is 1. The molecule has 0 spiro atoms. The number of aryl methyl sites for hydroxylation is 2. The van der Waals surface area contributed by atoms with Gasteiger partial charge in [0.15, 0.2) is 0 Å². The van der Waals surface area contributed by atoms with Crippen molar-refractivity contribution in [2.45, 2.75) is 68.7 Å². The summed E-state index contributed by atoms with van der Waals surface area (Å²) in [6.45, 7) is 4.77. The standard InChI is InChI=1S/C30H37F3N4O3S/c1-29(2,12-4-5-21-10-13-34-14-11-21)36-19-26(38)20-37(3)41-27-16-23(15-24(17-27)30(31,32)33)22-6-7-25(35-18-22)8-9-28(39)40/h6-7,10-11,13-18,26,36,38H,4-5,8-9,12,19-20H2,1-3H3,(H,39,40)/t26-/m1/s1. The number of pyridine rings is 2. The number of aliphatic hydroxyl groups is 1. The number of carbonyl (C=O) groups is 1. The average Bonchev–Trinajstić information content (AvgIpc) is 2.91. The number of aliphatic carboxylic acids is 1. The molecule has 3 N–H and O–H groups in total. The van der Waals surface area contributed by atoms with Gasteiger partial charge in [-0.15, -0.1) is 0 Å². The zero-order valence-corrected chi connectivity index (χ0v) is 24.3. The number of aliphatic hydroxyl groups excluding tert-OH is 1. The number of carboxylic acids is 1. The second-order valence-electron chi connectivity index (χ2n) is 10.7. The molecule has 11 heteroatoms. The lowest BCUT2D eigenvalue weighted by Gasteiger charge is -2.29. The number of hydrogen-bond donors (Lipinski definition) is 3. The summed E-state index contributed by atoms with van der Waals surface area (Å²) < 4.78 is 42.8. The molecule has 0 unspecified atom stereocenters. The highest BCUT2D eigenvalue weighted by Crippen LogP contribution is 2.36. The molecular weight excluding hydrogens is 553 g/mol. The number of carboxylic acid groups (broad SMARTS) is 1. The van der Waals surface area contributed by atoms with Crippen molar-refractivity contribution in [3.63, 3.8) is 0 Å². The van der Waals surface area contributed by atoms with Crippen molar-refractivity contribution in [2.24, 2.45) is 0 Å². The van der Waals surface area contributed by atoms with E-state index in [4.69, 9.17) is 5.11 Å². The summed E-state index contributed by atoms with van der Waals surface area (Å²) in [4.78, 5) is 19.4. The number of halogens is 3. The molecule has 1 atom stereocenters. The Kier molecular flexibility index (Phi) is 11.7. The van der Waals surface area contributed by atoms with E-state index in [-0.39, 0.29) is 24.9 Å². The maximum atomic E-state index is 13.7. The lowest BCUT2D eigenvalue weighted by atomic mass is 9.95. The van der Waals surface area contributed by atoms with Crippen LogP contribution in [0.4, 0.5) is 13.2 Å². The zero-order chi connectivity index (χ0) is 30.0. The molecule has 0 saturated carbocycles. The third-order valence-electron chi connectivity index (χ3n) is 6.55. The molecule has 0 amide bonds. The number of alkyl halides is 3. The predicted molar refractivity (Wildman–Crippen MR) is 154 cm³/mol. The summed E-state index contributed by atoms with van der Waals surface area (Å²) >= 11 is 1.13. The van der Waals surface area contributed by atoms with Crippen LogP contribution in [0.25, 0.3) is 11.1 Å². The topological polar surface area (TPSA) is 98.6 Å². The highest BCUT2D eigenvalue weighted by molar-refractivity contribution is 7.97. The van der Waals surface area contributed by atoms with E-state index >= 15 is 0 Å². The number of β-amino-alcohol motifs (C(OH)–C–C–N with tert-alkyl or cyclic N) is 1. The maximum absolute atomic E-state index is 13.7. The van der Waals surface area contributed by atoms with Gasteiger partial charge in [0.25, 0.3) is 0 Å². The summed E-state index contributed by atoms with van der Waals surface area (Å²) in [6.07, 6.45) is 2.76. The van der Waals surface area contributed by atoms with E-state index < -0.39 is 23.8 Å². The minimum Gasteiger partial charge on any atom is -0.481 e. The first-order valence-corrected chi connectivity index (χ1v) is 14.2. The van der Waals surface area contributed by atoms with Gasteiger partial charge in [0.05, 0.1) is 18.1 Å². The zero-order valence-electron chi connectivity index (χ0n) is 23.5. The molecule has 41 heavy (non-hydrogen) atoms. The molecule has 0 bridgehead atoms. The van der Waals surface area contributed by atoms with Gasteiger partial charge in [-0.3, -0.25) is 14.8 Å². The molecule has 222 valence electrons. The Bertz CT molecular complexity index is 1260. The SMILES string of the molecule is CN(C[C@H](O)CNC(C)(C)CCCc1ccncc1)Sc1cc(-c2ccc(CCC(=O)O)nc2)cc(C(F)(F)F)c1. The lowest BCUT2D eigenvalue weighted by Crippen LogP contribution is -2.45. The van der Waals surface area contributed by atoms with Crippen molar-refractivity contribution in [2.75, 3.05) is 20.1 Å². The van der Waals surface area contributed by atoms with E-state index in [9.17, 15) is 23.1 Å². The number of aromatic nitrogens is 2. The molecule has 3 rings (SSSR count). The van der Waals surface area contributed by atoms with E-state index in [2.05, 4.69) is 29.1 Å². The molecule has 7 nitrogen and oxygen atoms in total. The summed E-state index contributed by atoms with van der Waals surface area (Å²) in [5, 5.41) is 22.9. The first kappa shape index (κ1) is 32.5. The highest BCUT2D eigenvalue weighted by Gasteiger charge is 2.31. The summed E-state index contributed by atoms with van der Waals surface area (Å²) in [5.41, 5.74) is 1.66. The second kappa shape index (κ2) is 14.8. The molecule has 0 aliphatic rings. The number of benzene rings is 1. The maximum Gasteiger partial charge on any atom is 0.416 e. The second-order valence-corrected chi connectivity index (χ2v) is 12.0. The average molecular weight is 591 g/mol. The molecule has 2 heterocycles. The first-order chi connectivity index (χ1) is 19.3. The van der Waals surface area contributed by atoms with Crippen LogP contribution >= 0.6 is 11.9 Å². The minimum absolute atomic E-state index is 0.0751. The van der Waals surface area contributed by atoms with Crippen molar-refractivity contribution in [1.29, 1.82) is 0 Å². The Morgan fingerprint density at radius 1 is 1.07 bits per heavy atom. The van der Waals surface area contributed by atoms with Gasteiger partial charge in [-0.1, -0.05) is 6.07 Å². The predicted octanol–water partition coefficient (Wildman–Crippen LogP) is 5.87. The molecule has 3 aromatic rings. The molecule has 0 aliphatic carbocycles. The van der Waals surface area contributed by atoms with Crippen molar-refractivity contribution in [3.05, 3.63) is 77.9 Å². The molecule has 0 fully saturated rings. The number of likely N-dealkylation sites (N-methyl/N-ethyl adjacent to an activating group) is 1. The van der Waals surface area contributed by atoms with Crippen LogP contribution in [0, 0.1) is 0 Å². The summed E-state index contributed by atoms with van der Waals surface area (Å²) in [7, 11) is 1.73. The van der Waals surface area contributed by atoms with Crippen LogP contribution in [0.1, 0.15) is 49.9 Å². The fourth-order valence-corrected chi connectivity index (χ4v) is 5.27. The Morgan fingerprint density at radius 2 is 1.80 bits per heavy atom. The van der Waals surface area contributed by atoms with Crippen LogP contribution in [-0.4, -0.2) is 62.2 Å². The fourth-order valence-electron chi connectivity index (χ4n) is 4.31. The van der Waals surface area contributed by atoms with Gasteiger partial charge < -0.3 is 15.5 Å². The highest BCUT2D eigenvalue weighted by atomic mass is 32.2. The first-order valence-electron chi connectivity index (χ1n) is 13.4. The Balaban J connectivity index is 1.58. The van der Waals surface area contributed by atoms with Gasteiger partial charge in [-0.25, -0.2) is 4.31 Å². The van der Waals surface area contributed by atoms with E-state index in [0.29, 0.717) is 28.3 Å². The van der Waals surface area contributed by atoms with Crippen LogP contribution in [0.2, 0.25) is 0 Å². The molecule has 2 aromatic heterocycles. The van der Waals surface area contributed by atoms with Gasteiger partial charge in [-0.2, -0.15) is 13.2 Å². The largest absolute Gasteiger partial charge is 0.481 e. The summed E-state index contributed by atoms with van der Waals surface area (Å²) in [6, 6.07) is 11.1. The number of nitrogens with zero attached hydrogens (tertiary/aromatic N) is 3. The molecule has 1 aromatic carbocycles. The van der Waals surface area contributed by atoms with Crippen molar-refractivity contribution < 1.29 is 28.2 Å². The normalized spacial score (nSPS) is 13.0. The number of hydrogen-bond acceptors (Lipinski definition) is 7. The van der Waals surface area contributed by atoms with E-state index in [1.807, 2.05) is 12.1 Å². The molecule has 0 saturated heterocycles. The van der Waals surface area contributed by atoms with Gasteiger partial charge in [0.1, 0.15) is 0 Å². The Hall–Kier alpha value is -2.99. The summed E-state index contributed by atoms with van der Waals surface area (Å²) in [5.74, 6) is -0.943. The van der Waals surface area contributed by atoms with Crippen LogP contribution < -0.4 is 5.32 Å². The van der Waals surface area contributed by atoms with Crippen LogP contribution in [-0.2, 0) is 23.8 Å². The van der Waals surface area contributed by atoms with E-state index in [1.165, 1.54) is 11.8 Å². The van der Waals surface area contributed by atoms with Gasteiger partial charge in [0, 0.05) is 59.8 Å². The molecule has 0 radical (unpaired) electrons. The van der Waals surface area contributed by atoms with Crippen molar-refractivity contribution in [1.82, 2.24) is 19.6 Å². The Morgan fingerprint density at radius 3 is 2.44 bits per heavy atom. The minimum atomic E-state index is -4.54. The van der Waals surface area contributed by atoms with Gasteiger partial charge in [0.2, 0.25) is 0 Å².